The number of hydrogen-bond acceptors (Lipinski definition) is 3. The van der Waals surface area contributed by atoms with Gasteiger partial charge in [-0.15, -0.1) is 0 Å². The lowest BCUT2D eigenvalue weighted by molar-refractivity contribution is 0.895. The molecule has 100 valence electrons. The van der Waals surface area contributed by atoms with Gasteiger partial charge < -0.3 is 11.5 Å². The zero-order chi connectivity index (χ0) is 14.1. The van der Waals surface area contributed by atoms with Gasteiger partial charge in [0.05, 0.1) is 5.69 Å². The Bertz CT molecular complexity index is 727. The van der Waals surface area contributed by atoms with Gasteiger partial charge in [0.25, 0.3) is 0 Å². The van der Waals surface area contributed by atoms with Crippen molar-refractivity contribution in [3.63, 3.8) is 0 Å². The zero-order valence-corrected chi connectivity index (χ0v) is 11.2. The minimum atomic E-state index is 0.465. The van der Waals surface area contributed by atoms with Gasteiger partial charge in [-0.1, -0.05) is 48.0 Å². The molecule has 0 fully saturated rings. The second-order valence-electron chi connectivity index (χ2n) is 4.76. The molecule has 4 N–H and O–H groups in total. The number of aromatic nitrogens is 2. The van der Waals surface area contributed by atoms with Crippen LogP contribution in [0.3, 0.4) is 0 Å². The number of para-hydroxylation sites is 1. The molecule has 3 rings (SSSR count). The van der Waals surface area contributed by atoms with Crippen LogP contribution in [0, 0.1) is 6.92 Å². The third kappa shape index (κ3) is 2.01. The molecule has 0 bridgehead atoms. The second-order valence-corrected chi connectivity index (χ2v) is 4.76. The van der Waals surface area contributed by atoms with Crippen LogP contribution in [0.4, 0.5) is 11.5 Å². The Morgan fingerprint density at radius 1 is 0.900 bits per heavy atom. The minimum Gasteiger partial charge on any atom is -0.394 e. The van der Waals surface area contributed by atoms with E-state index in [0.717, 1.165) is 11.3 Å². The van der Waals surface area contributed by atoms with Crippen LogP contribution in [0.5, 0.6) is 0 Å². The van der Waals surface area contributed by atoms with Crippen LogP contribution in [0.1, 0.15) is 5.56 Å². The van der Waals surface area contributed by atoms with E-state index in [2.05, 4.69) is 5.10 Å². The fourth-order valence-corrected chi connectivity index (χ4v) is 2.13. The van der Waals surface area contributed by atoms with Crippen molar-refractivity contribution < 1.29 is 0 Å². The van der Waals surface area contributed by atoms with E-state index in [9.17, 15) is 0 Å². The second kappa shape index (κ2) is 4.74. The Hall–Kier alpha value is -2.75. The van der Waals surface area contributed by atoms with Crippen LogP contribution < -0.4 is 11.5 Å². The van der Waals surface area contributed by atoms with Gasteiger partial charge in [-0.2, -0.15) is 5.10 Å². The number of rotatable bonds is 2. The molecule has 0 spiro atoms. The minimum absolute atomic E-state index is 0.465. The molecule has 0 aliphatic carbocycles. The van der Waals surface area contributed by atoms with Crippen molar-refractivity contribution in [1.29, 1.82) is 0 Å². The number of aryl methyl sites for hydroxylation is 1. The van der Waals surface area contributed by atoms with Gasteiger partial charge in [0.2, 0.25) is 0 Å². The van der Waals surface area contributed by atoms with E-state index in [1.54, 1.807) is 4.68 Å². The van der Waals surface area contributed by atoms with Gasteiger partial charge >= 0.3 is 0 Å². The molecule has 1 aromatic heterocycles. The molecule has 0 aliphatic rings. The van der Waals surface area contributed by atoms with Crippen molar-refractivity contribution in [3.8, 4) is 16.9 Å². The number of nitrogens with two attached hydrogens (primary N) is 2. The van der Waals surface area contributed by atoms with E-state index >= 15 is 0 Å². The highest BCUT2D eigenvalue weighted by atomic mass is 15.3. The SMILES string of the molecule is Cc1ccc(-c2nn(-c3ccccc3)c(N)c2N)cc1. The Kier molecular flexibility index (Phi) is 2.91. The average Bonchev–Trinajstić information content (AvgIpc) is 2.77. The number of benzene rings is 2. The van der Waals surface area contributed by atoms with Gasteiger partial charge in [0.1, 0.15) is 11.4 Å². The van der Waals surface area contributed by atoms with E-state index in [1.165, 1.54) is 5.56 Å². The summed E-state index contributed by atoms with van der Waals surface area (Å²) in [5.74, 6) is 0.465. The molecule has 0 radical (unpaired) electrons. The topological polar surface area (TPSA) is 69.9 Å². The molecule has 2 aromatic carbocycles. The molecule has 0 unspecified atom stereocenters. The summed E-state index contributed by atoms with van der Waals surface area (Å²) in [6, 6.07) is 17.8. The highest BCUT2D eigenvalue weighted by molar-refractivity contribution is 5.81. The molecule has 0 amide bonds. The van der Waals surface area contributed by atoms with Crippen molar-refractivity contribution in [1.82, 2.24) is 9.78 Å². The Labute approximate surface area is 117 Å². The summed E-state index contributed by atoms with van der Waals surface area (Å²) >= 11 is 0. The van der Waals surface area contributed by atoms with Gasteiger partial charge in [0.15, 0.2) is 5.82 Å². The normalized spacial score (nSPS) is 10.7. The summed E-state index contributed by atoms with van der Waals surface area (Å²) in [6.45, 7) is 2.05. The smallest absolute Gasteiger partial charge is 0.151 e. The molecule has 20 heavy (non-hydrogen) atoms. The first-order valence-corrected chi connectivity index (χ1v) is 6.43. The van der Waals surface area contributed by atoms with E-state index in [-0.39, 0.29) is 0 Å². The van der Waals surface area contributed by atoms with Gasteiger partial charge in [-0.25, -0.2) is 4.68 Å². The maximum atomic E-state index is 6.10. The molecule has 4 nitrogen and oxygen atoms in total. The third-order valence-corrected chi connectivity index (χ3v) is 3.29. The fourth-order valence-electron chi connectivity index (χ4n) is 2.13. The van der Waals surface area contributed by atoms with Gasteiger partial charge in [-0.05, 0) is 19.1 Å². The number of anilines is 2. The molecular weight excluding hydrogens is 248 g/mol. The fraction of sp³-hybridized carbons (Fsp3) is 0.0625. The van der Waals surface area contributed by atoms with Crippen LogP contribution >= 0.6 is 0 Å². The molecule has 1 heterocycles. The number of nitrogen functional groups attached to an aromatic ring is 2. The van der Waals surface area contributed by atoms with Crippen LogP contribution in [0.2, 0.25) is 0 Å². The molecule has 0 aliphatic heterocycles. The maximum Gasteiger partial charge on any atom is 0.151 e. The molecule has 0 saturated carbocycles. The predicted octanol–water partition coefficient (Wildman–Crippen LogP) is 3.01. The van der Waals surface area contributed by atoms with Crippen molar-refractivity contribution >= 4 is 11.5 Å². The predicted molar refractivity (Wildman–Crippen MR) is 82.6 cm³/mol. The van der Waals surface area contributed by atoms with E-state index in [1.807, 2.05) is 61.5 Å². The van der Waals surface area contributed by atoms with Crippen molar-refractivity contribution in [2.75, 3.05) is 11.5 Å². The first-order valence-electron chi connectivity index (χ1n) is 6.43. The van der Waals surface area contributed by atoms with Gasteiger partial charge in [0, 0.05) is 5.56 Å². The molecule has 0 atom stereocenters. The lowest BCUT2D eigenvalue weighted by Crippen LogP contribution is -2.02. The summed E-state index contributed by atoms with van der Waals surface area (Å²) in [7, 11) is 0. The molecule has 3 aromatic rings. The van der Waals surface area contributed by atoms with Crippen LogP contribution in [0.25, 0.3) is 16.9 Å². The lowest BCUT2D eigenvalue weighted by Gasteiger charge is -2.02. The Morgan fingerprint density at radius 2 is 1.55 bits per heavy atom. The van der Waals surface area contributed by atoms with E-state index < -0.39 is 0 Å². The summed E-state index contributed by atoms with van der Waals surface area (Å²) in [5, 5.41) is 4.55. The van der Waals surface area contributed by atoms with Crippen LogP contribution in [-0.4, -0.2) is 9.78 Å². The highest BCUT2D eigenvalue weighted by Crippen LogP contribution is 2.31. The maximum absolute atomic E-state index is 6.10. The highest BCUT2D eigenvalue weighted by Gasteiger charge is 2.15. The van der Waals surface area contributed by atoms with Crippen molar-refractivity contribution in [2.45, 2.75) is 6.92 Å². The lowest BCUT2D eigenvalue weighted by atomic mass is 10.1. The summed E-state index contributed by atoms with van der Waals surface area (Å²) in [5.41, 5.74) is 16.5. The summed E-state index contributed by atoms with van der Waals surface area (Å²) in [4.78, 5) is 0. The molecule has 0 saturated heterocycles. The summed E-state index contributed by atoms with van der Waals surface area (Å²) < 4.78 is 1.67. The Morgan fingerprint density at radius 3 is 2.20 bits per heavy atom. The number of nitrogens with zero attached hydrogens (tertiary/aromatic N) is 2. The van der Waals surface area contributed by atoms with Crippen LogP contribution in [-0.2, 0) is 0 Å². The quantitative estimate of drug-likeness (QED) is 0.747. The standard InChI is InChI=1S/C16H16N4/c1-11-7-9-12(10-8-11)15-14(17)16(18)20(19-15)13-5-3-2-4-6-13/h2-10H,17-18H2,1H3. The monoisotopic (exact) mass is 264 g/mol. The molecule has 4 heteroatoms. The third-order valence-electron chi connectivity index (χ3n) is 3.29. The Balaban J connectivity index is 2.13. The summed E-state index contributed by atoms with van der Waals surface area (Å²) in [6.07, 6.45) is 0. The first kappa shape index (κ1) is 12.3. The molecular formula is C16H16N4. The first-order chi connectivity index (χ1) is 9.66. The average molecular weight is 264 g/mol. The van der Waals surface area contributed by atoms with Crippen molar-refractivity contribution in [2.24, 2.45) is 0 Å². The largest absolute Gasteiger partial charge is 0.394 e. The van der Waals surface area contributed by atoms with E-state index in [4.69, 9.17) is 11.5 Å². The van der Waals surface area contributed by atoms with E-state index in [0.29, 0.717) is 17.2 Å². The van der Waals surface area contributed by atoms with Crippen LogP contribution in [0.15, 0.2) is 54.6 Å². The van der Waals surface area contributed by atoms with Crippen molar-refractivity contribution in [3.05, 3.63) is 60.2 Å². The number of hydrogen-bond donors (Lipinski definition) is 2. The zero-order valence-electron chi connectivity index (χ0n) is 11.2. The van der Waals surface area contributed by atoms with Gasteiger partial charge in [-0.3, -0.25) is 0 Å².